The second kappa shape index (κ2) is 6.52. The van der Waals surface area contributed by atoms with Crippen molar-refractivity contribution in [1.82, 2.24) is 15.2 Å². The first-order valence-corrected chi connectivity index (χ1v) is 9.98. The van der Waals surface area contributed by atoms with Crippen LogP contribution in [-0.4, -0.2) is 34.9 Å². The third kappa shape index (κ3) is 2.76. The Kier molecular flexibility index (Phi) is 4.09. The summed E-state index contributed by atoms with van der Waals surface area (Å²) in [5, 5.41) is 3.02. The second-order valence-corrected chi connectivity index (χ2v) is 8.27. The van der Waals surface area contributed by atoms with Gasteiger partial charge in [-0.1, -0.05) is 18.2 Å². The van der Waals surface area contributed by atoms with Crippen LogP contribution >= 0.6 is 0 Å². The Labute approximate surface area is 164 Å². The molecule has 2 bridgehead atoms. The summed E-state index contributed by atoms with van der Waals surface area (Å²) in [5.41, 5.74) is 2.52. The maximum atomic E-state index is 13.2. The first-order chi connectivity index (χ1) is 13.6. The van der Waals surface area contributed by atoms with Crippen LogP contribution in [-0.2, 0) is 4.79 Å². The maximum absolute atomic E-state index is 13.2. The highest BCUT2D eigenvalue weighted by molar-refractivity contribution is 5.91. The number of halogens is 1. The number of hydrogen-bond donors (Lipinski definition) is 1. The topological polar surface area (TPSA) is 45.2 Å². The van der Waals surface area contributed by atoms with E-state index < -0.39 is 0 Å². The van der Waals surface area contributed by atoms with Gasteiger partial charge in [-0.05, 0) is 66.0 Å². The van der Waals surface area contributed by atoms with Crippen LogP contribution in [0.2, 0.25) is 0 Å². The highest BCUT2D eigenvalue weighted by atomic mass is 19.1. The predicted octanol–water partition coefficient (Wildman–Crippen LogP) is 3.43. The number of pyridine rings is 1. The van der Waals surface area contributed by atoms with Gasteiger partial charge in [-0.3, -0.25) is 14.7 Å². The fourth-order valence-corrected chi connectivity index (χ4v) is 5.44. The minimum absolute atomic E-state index is 0.0537. The summed E-state index contributed by atoms with van der Waals surface area (Å²) >= 11 is 0. The number of hydrogen-bond acceptors (Lipinski definition) is 3. The van der Waals surface area contributed by atoms with Crippen molar-refractivity contribution in [3.8, 4) is 0 Å². The van der Waals surface area contributed by atoms with E-state index in [2.05, 4.69) is 22.1 Å². The van der Waals surface area contributed by atoms with Crippen molar-refractivity contribution in [2.75, 3.05) is 13.1 Å². The molecule has 144 valence electrons. The third-order valence-corrected chi connectivity index (χ3v) is 7.00. The third-order valence-electron chi connectivity index (χ3n) is 7.00. The Hall–Kier alpha value is -2.53. The van der Waals surface area contributed by atoms with Gasteiger partial charge < -0.3 is 5.32 Å². The number of rotatable bonds is 7. The Morgan fingerprint density at radius 2 is 2.21 bits per heavy atom. The molecule has 2 saturated carbocycles. The molecular weight excluding hydrogens is 353 g/mol. The number of fused-ring (bicyclic) bond motifs is 1. The van der Waals surface area contributed by atoms with Crippen molar-refractivity contribution >= 4 is 12.0 Å². The standard InChI is InChI=1S/C23H24FN3O/c1-15(17-5-7-18(24)8-6-17)27-14-19-21-22(27)23(19,21)10-12-26-20(28)9-4-16-3-2-11-25-13-16/h2-9,11,13,15,19,21-22H,10,12,14H2,1H3,(H,26,28)/b9-4+/t15?,19-,21-,22?,23-/m1/s1. The maximum Gasteiger partial charge on any atom is 0.244 e. The van der Waals surface area contributed by atoms with Crippen LogP contribution in [0, 0.1) is 23.1 Å². The van der Waals surface area contributed by atoms with Crippen LogP contribution in [0.15, 0.2) is 54.9 Å². The summed E-state index contributed by atoms with van der Waals surface area (Å²) in [4.78, 5) is 18.7. The number of carbonyl (C=O) groups is 1. The van der Waals surface area contributed by atoms with Crippen molar-refractivity contribution in [2.45, 2.75) is 25.4 Å². The lowest BCUT2D eigenvalue weighted by Crippen LogP contribution is -2.28. The molecule has 4 fully saturated rings. The average molecular weight is 377 g/mol. The monoisotopic (exact) mass is 377 g/mol. The molecule has 2 saturated heterocycles. The molecule has 2 unspecified atom stereocenters. The number of aromatic nitrogens is 1. The van der Waals surface area contributed by atoms with E-state index in [0.29, 0.717) is 17.5 Å². The summed E-state index contributed by atoms with van der Waals surface area (Å²) in [6, 6.07) is 11.6. The Bertz CT molecular complexity index is 907. The number of nitrogens with zero attached hydrogens (tertiary/aromatic N) is 2. The van der Waals surface area contributed by atoms with E-state index >= 15 is 0 Å². The molecule has 2 aromatic rings. The number of piperidine rings is 1. The molecule has 1 aromatic heterocycles. The predicted molar refractivity (Wildman–Crippen MR) is 106 cm³/mol. The lowest BCUT2D eigenvalue weighted by Gasteiger charge is -2.25. The van der Waals surface area contributed by atoms with Gasteiger partial charge in [0.15, 0.2) is 0 Å². The zero-order valence-electron chi connectivity index (χ0n) is 15.9. The minimum atomic E-state index is -0.183. The molecule has 3 heterocycles. The summed E-state index contributed by atoms with van der Waals surface area (Å²) < 4.78 is 13.2. The quantitative estimate of drug-likeness (QED) is 0.752. The first kappa shape index (κ1) is 17.6. The second-order valence-electron chi connectivity index (χ2n) is 8.27. The lowest BCUT2D eigenvalue weighted by atomic mass is 10.0. The minimum Gasteiger partial charge on any atom is -0.353 e. The van der Waals surface area contributed by atoms with Gasteiger partial charge in [-0.15, -0.1) is 0 Å². The van der Waals surface area contributed by atoms with Crippen LogP contribution < -0.4 is 5.32 Å². The molecule has 5 atom stereocenters. The van der Waals surface area contributed by atoms with Gasteiger partial charge in [0, 0.05) is 43.6 Å². The van der Waals surface area contributed by atoms with Crippen LogP contribution in [0.3, 0.4) is 0 Å². The molecule has 1 amide bonds. The number of nitrogens with one attached hydrogen (secondary N) is 1. The lowest BCUT2D eigenvalue weighted by molar-refractivity contribution is -0.116. The molecule has 2 aliphatic carbocycles. The van der Waals surface area contributed by atoms with E-state index in [1.54, 1.807) is 36.7 Å². The molecule has 4 nitrogen and oxygen atoms in total. The highest BCUT2D eigenvalue weighted by Gasteiger charge is 2.91. The van der Waals surface area contributed by atoms with Gasteiger partial charge >= 0.3 is 0 Å². The molecule has 6 rings (SSSR count). The van der Waals surface area contributed by atoms with Crippen molar-refractivity contribution in [3.05, 3.63) is 71.8 Å². The molecular formula is C23H24FN3O. The van der Waals surface area contributed by atoms with Crippen molar-refractivity contribution in [3.63, 3.8) is 0 Å². The van der Waals surface area contributed by atoms with Crippen molar-refractivity contribution < 1.29 is 9.18 Å². The summed E-state index contributed by atoms with van der Waals surface area (Å²) in [6.45, 7) is 4.06. The Balaban J connectivity index is 1.12. The fraction of sp³-hybridized carbons (Fsp3) is 0.391. The van der Waals surface area contributed by atoms with E-state index in [0.717, 1.165) is 36.9 Å². The highest BCUT2D eigenvalue weighted by Crippen LogP contribution is 2.87. The number of benzene rings is 1. The molecule has 1 N–H and O–H groups in total. The largest absolute Gasteiger partial charge is 0.353 e. The van der Waals surface area contributed by atoms with E-state index in [4.69, 9.17) is 0 Å². The number of carbonyl (C=O) groups excluding carboxylic acids is 1. The molecule has 0 radical (unpaired) electrons. The van der Waals surface area contributed by atoms with E-state index in [9.17, 15) is 9.18 Å². The van der Waals surface area contributed by atoms with Crippen molar-refractivity contribution in [1.29, 1.82) is 0 Å². The van der Waals surface area contributed by atoms with Gasteiger partial charge in [0.2, 0.25) is 5.91 Å². The molecule has 2 aliphatic heterocycles. The summed E-state index contributed by atoms with van der Waals surface area (Å²) in [5.74, 6) is 1.35. The smallest absolute Gasteiger partial charge is 0.244 e. The van der Waals surface area contributed by atoms with E-state index in [-0.39, 0.29) is 11.7 Å². The Morgan fingerprint density at radius 1 is 1.39 bits per heavy atom. The summed E-state index contributed by atoms with van der Waals surface area (Å²) in [7, 11) is 0. The van der Waals surface area contributed by atoms with Crippen LogP contribution in [0.4, 0.5) is 4.39 Å². The van der Waals surface area contributed by atoms with Gasteiger partial charge in [0.05, 0.1) is 0 Å². The average Bonchev–Trinajstić information content (AvgIpc) is 3.41. The molecule has 1 aromatic carbocycles. The molecule has 0 spiro atoms. The first-order valence-electron chi connectivity index (χ1n) is 9.98. The summed E-state index contributed by atoms with van der Waals surface area (Å²) in [6.07, 6.45) is 7.85. The van der Waals surface area contributed by atoms with Gasteiger partial charge in [0.25, 0.3) is 0 Å². The van der Waals surface area contributed by atoms with Crippen LogP contribution in [0.1, 0.15) is 30.5 Å². The Morgan fingerprint density at radius 3 is 2.93 bits per heavy atom. The fourth-order valence-electron chi connectivity index (χ4n) is 5.44. The van der Waals surface area contributed by atoms with Crippen molar-refractivity contribution in [2.24, 2.45) is 17.3 Å². The SMILES string of the molecule is CC(c1ccc(F)cc1)N1C[C@@H]2[C@@H]3C1[C@]23CCNC(=O)/C=C/c1cccnc1. The van der Waals surface area contributed by atoms with Gasteiger partial charge in [-0.2, -0.15) is 0 Å². The van der Waals surface area contributed by atoms with Crippen LogP contribution in [0.25, 0.3) is 6.08 Å². The van der Waals surface area contributed by atoms with E-state index in [1.807, 2.05) is 24.3 Å². The van der Waals surface area contributed by atoms with E-state index in [1.165, 1.54) is 5.56 Å². The zero-order valence-corrected chi connectivity index (χ0v) is 15.9. The van der Waals surface area contributed by atoms with Gasteiger partial charge in [0.1, 0.15) is 5.82 Å². The molecule has 28 heavy (non-hydrogen) atoms. The normalized spacial score (nSPS) is 30.9. The van der Waals surface area contributed by atoms with Gasteiger partial charge in [-0.25, -0.2) is 4.39 Å². The molecule has 4 aliphatic rings. The zero-order chi connectivity index (χ0) is 19.3. The van der Waals surface area contributed by atoms with Crippen LogP contribution in [0.5, 0.6) is 0 Å². The molecule has 5 heteroatoms. The number of amides is 1.